The molecule has 5 nitrogen and oxygen atoms in total. The minimum atomic E-state index is -0.597. The molecule has 2 N–H and O–H groups in total. The van der Waals surface area contributed by atoms with Gasteiger partial charge in [0, 0.05) is 18.1 Å². The van der Waals surface area contributed by atoms with Crippen LogP contribution in [-0.4, -0.2) is 16.0 Å². The molecule has 0 fully saturated rings. The second-order valence-electron chi connectivity index (χ2n) is 7.60. The Morgan fingerprint density at radius 2 is 1.89 bits per heavy atom. The maximum atomic E-state index is 12.9. The van der Waals surface area contributed by atoms with Crippen molar-refractivity contribution in [3.05, 3.63) is 44.8 Å². The highest BCUT2D eigenvalue weighted by Gasteiger charge is 2.27. The molecule has 0 aliphatic rings. The maximum Gasteiger partial charge on any atom is 0.336 e. The predicted octanol–water partition coefficient (Wildman–Crippen LogP) is 4.89. The molecule has 2 aromatic rings. The number of rotatable bonds is 7. The minimum absolute atomic E-state index is 0.0105. The van der Waals surface area contributed by atoms with Crippen LogP contribution in [0.3, 0.4) is 0 Å². The van der Waals surface area contributed by atoms with Gasteiger partial charge in [0.1, 0.15) is 17.1 Å². The average Bonchev–Trinajstić information content (AvgIpc) is 2.53. The van der Waals surface area contributed by atoms with Crippen LogP contribution in [0.15, 0.2) is 26.9 Å². The van der Waals surface area contributed by atoms with E-state index in [9.17, 15) is 19.8 Å². The number of fused-ring (bicyclic) bond motifs is 1. The second kappa shape index (κ2) is 8.42. The molecule has 0 aliphatic carbocycles. The Kier molecular flexibility index (Phi) is 6.47. The smallest absolute Gasteiger partial charge is 0.336 e. The van der Waals surface area contributed by atoms with Gasteiger partial charge in [-0.3, -0.25) is 4.79 Å². The molecular weight excluding hydrogens is 344 g/mol. The lowest BCUT2D eigenvalue weighted by molar-refractivity contribution is 0.0965. The fourth-order valence-electron chi connectivity index (χ4n) is 3.20. The van der Waals surface area contributed by atoms with Gasteiger partial charge >= 0.3 is 5.63 Å². The van der Waals surface area contributed by atoms with E-state index in [0.717, 1.165) is 12.0 Å². The van der Waals surface area contributed by atoms with Crippen LogP contribution in [0.4, 0.5) is 0 Å². The summed E-state index contributed by atoms with van der Waals surface area (Å²) in [7, 11) is 0. The number of aryl methyl sites for hydroxylation is 1. The summed E-state index contributed by atoms with van der Waals surface area (Å²) in [5.41, 5.74) is 1.30. The molecular formula is C22H28O5. The van der Waals surface area contributed by atoms with E-state index in [1.165, 1.54) is 6.07 Å². The number of carbonyl (C=O) groups is 1. The van der Waals surface area contributed by atoms with Crippen molar-refractivity contribution in [1.29, 1.82) is 0 Å². The summed E-state index contributed by atoms with van der Waals surface area (Å²) in [5.74, 6) is -0.663. The molecule has 2 rings (SSSR count). The van der Waals surface area contributed by atoms with Gasteiger partial charge in [-0.1, -0.05) is 38.8 Å². The van der Waals surface area contributed by atoms with Crippen molar-refractivity contribution in [3.63, 3.8) is 0 Å². The van der Waals surface area contributed by atoms with Crippen molar-refractivity contribution < 1.29 is 19.4 Å². The highest BCUT2D eigenvalue weighted by Crippen LogP contribution is 2.42. The predicted molar refractivity (Wildman–Crippen MR) is 107 cm³/mol. The first-order valence-corrected chi connectivity index (χ1v) is 9.37. The summed E-state index contributed by atoms with van der Waals surface area (Å²) in [4.78, 5) is 24.9. The number of aromatic hydroxyl groups is 2. The quantitative estimate of drug-likeness (QED) is 0.410. The number of phenols is 2. The molecule has 0 atom stereocenters. The third kappa shape index (κ3) is 4.41. The summed E-state index contributed by atoms with van der Waals surface area (Å²) in [6, 6.07) is 1.35. The highest BCUT2D eigenvalue weighted by molar-refractivity contribution is 6.11. The van der Waals surface area contributed by atoms with Crippen LogP contribution in [0.1, 0.15) is 68.9 Å². The van der Waals surface area contributed by atoms with Crippen LogP contribution >= 0.6 is 0 Å². The minimum Gasteiger partial charge on any atom is -0.507 e. The van der Waals surface area contributed by atoms with Crippen molar-refractivity contribution in [2.75, 3.05) is 0 Å². The zero-order valence-corrected chi connectivity index (χ0v) is 16.7. The van der Waals surface area contributed by atoms with Crippen LogP contribution in [-0.2, 0) is 12.8 Å². The molecule has 27 heavy (non-hydrogen) atoms. The molecule has 0 aliphatic heterocycles. The number of Topliss-reactive ketones (excluding diaryl/α,β-unsaturated/α-hetero) is 1. The largest absolute Gasteiger partial charge is 0.507 e. The summed E-state index contributed by atoms with van der Waals surface area (Å²) in [6.07, 6.45) is 3.67. The van der Waals surface area contributed by atoms with Crippen molar-refractivity contribution in [1.82, 2.24) is 0 Å². The zero-order valence-electron chi connectivity index (χ0n) is 16.7. The molecule has 0 spiro atoms. The number of hydrogen-bond acceptors (Lipinski definition) is 5. The Morgan fingerprint density at radius 3 is 2.44 bits per heavy atom. The van der Waals surface area contributed by atoms with Gasteiger partial charge < -0.3 is 14.6 Å². The molecule has 1 heterocycles. The summed E-state index contributed by atoms with van der Waals surface area (Å²) in [5, 5.41) is 22.0. The molecule has 5 heteroatoms. The van der Waals surface area contributed by atoms with Gasteiger partial charge in [0.25, 0.3) is 0 Å². The molecule has 1 aromatic heterocycles. The normalized spacial score (nSPS) is 11.2. The van der Waals surface area contributed by atoms with E-state index in [2.05, 4.69) is 0 Å². The summed E-state index contributed by atoms with van der Waals surface area (Å²) < 4.78 is 5.31. The number of carbonyl (C=O) groups excluding carboxylic acids is 1. The average molecular weight is 372 g/mol. The molecule has 0 amide bonds. The van der Waals surface area contributed by atoms with Gasteiger partial charge in [0.15, 0.2) is 11.4 Å². The van der Waals surface area contributed by atoms with E-state index < -0.39 is 5.63 Å². The zero-order chi connectivity index (χ0) is 20.3. The van der Waals surface area contributed by atoms with Crippen molar-refractivity contribution >= 4 is 16.8 Å². The molecule has 1 aromatic carbocycles. The Hall–Kier alpha value is -2.56. The highest BCUT2D eigenvalue weighted by atomic mass is 16.4. The monoisotopic (exact) mass is 372 g/mol. The maximum absolute atomic E-state index is 12.9. The van der Waals surface area contributed by atoms with Gasteiger partial charge in [0.05, 0.1) is 5.39 Å². The van der Waals surface area contributed by atoms with E-state index in [1.54, 1.807) is 0 Å². The van der Waals surface area contributed by atoms with Crippen LogP contribution in [0, 0.1) is 5.92 Å². The molecule has 0 unspecified atom stereocenters. The second-order valence-corrected chi connectivity index (χ2v) is 7.60. The number of phenolic OH excluding ortho intramolecular Hbond substituents is 2. The summed E-state index contributed by atoms with van der Waals surface area (Å²) in [6.45, 7) is 9.61. The van der Waals surface area contributed by atoms with E-state index in [-0.39, 0.29) is 52.8 Å². The third-order valence-electron chi connectivity index (χ3n) is 4.42. The molecule has 0 saturated carbocycles. The lowest BCUT2D eigenvalue weighted by Gasteiger charge is -2.16. The van der Waals surface area contributed by atoms with E-state index in [4.69, 9.17) is 4.42 Å². The molecule has 146 valence electrons. The Morgan fingerprint density at radius 1 is 1.22 bits per heavy atom. The first-order chi connectivity index (χ1) is 12.7. The SMILES string of the molecule is CCCc1cc(=O)oc2c(C(=O)CC(C)C)c(O)c(CC=C(C)C)c(O)c12. The van der Waals surface area contributed by atoms with E-state index in [1.807, 2.05) is 40.7 Å². The number of hydrogen-bond donors (Lipinski definition) is 2. The van der Waals surface area contributed by atoms with Gasteiger partial charge in [-0.05, 0) is 38.2 Å². The molecule has 0 radical (unpaired) electrons. The summed E-state index contributed by atoms with van der Waals surface area (Å²) >= 11 is 0. The van der Waals surface area contributed by atoms with Crippen molar-refractivity contribution in [2.45, 2.75) is 60.3 Å². The molecule has 0 saturated heterocycles. The van der Waals surface area contributed by atoms with E-state index >= 15 is 0 Å². The van der Waals surface area contributed by atoms with Crippen LogP contribution in [0.2, 0.25) is 0 Å². The van der Waals surface area contributed by atoms with Crippen LogP contribution < -0.4 is 5.63 Å². The van der Waals surface area contributed by atoms with E-state index in [0.29, 0.717) is 17.4 Å². The molecule has 0 bridgehead atoms. The fraction of sp³-hybridized carbons (Fsp3) is 0.455. The van der Waals surface area contributed by atoms with Crippen molar-refractivity contribution in [3.8, 4) is 11.5 Å². The Bertz CT molecular complexity index is 944. The lowest BCUT2D eigenvalue weighted by atomic mass is 9.91. The number of allylic oxidation sites excluding steroid dienone is 2. The van der Waals surface area contributed by atoms with Gasteiger partial charge in [-0.2, -0.15) is 0 Å². The van der Waals surface area contributed by atoms with Gasteiger partial charge in [-0.25, -0.2) is 4.79 Å². The first-order valence-electron chi connectivity index (χ1n) is 9.37. The number of ketones is 1. The Labute approximate surface area is 159 Å². The Balaban J connectivity index is 2.93. The van der Waals surface area contributed by atoms with Crippen LogP contribution in [0.25, 0.3) is 11.0 Å². The van der Waals surface area contributed by atoms with Gasteiger partial charge in [0.2, 0.25) is 0 Å². The number of benzene rings is 1. The third-order valence-corrected chi connectivity index (χ3v) is 4.42. The first kappa shape index (κ1) is 20.7. The lowest BCUT2D eigenvalue weighted by Crippen LogP contribution is -2.10. The van der Waals surface area contributed by atoms with Gasteiger partial charge in [-0.15, -0.1) is 0 Å². The van der Waals surface area contributed by atoms with Crippen LogP contribution in [0.5, 0.6) is 11.5 Å². The van der Waals surface area contributed by atoms with Crippen molar-refractivity contribution in [2.24, 2.45) is 5.92 Å². The topological polar surface area (TPSA) is 87.7 Å². The standard InChI is InChI=1S/C22H28O5/c1-6-7-14-11-17(24)27-22-18(14)20(25)15(9-8-12(2)3)21(26)19(22)16(23)10-13(4)5/h8,11,13,25-26H,6-7,9-10H2,1-5H3. The fourth-order valence-corrected chi connectivity index (χ4v) is 3.20.